The van der Waals surface area contributed by atoms with E-state index in [0.717, 1.165) is 22.5 Å². The molecule has 0 radical (unpaired) electrons. The Morgan fingerprint density at radius 1 is 1.44 bits per heavy atom. The van der Waals surface area contributed by atoms with Gasteiger partial charge in [0.2, 0.25) is 0 Å². The van der Waals surface area contributed by atoms with Gasteiger partial charge in [0.1, 0.15) is 22.8 Å². The van der Waals surface area contributed by atoms with Crippen LogP contribution in [0.1, 0.15) is 17.6 Å². The third-order valence-electron chi connectivity index (χ3n) is 3.04. The van der Waals surface area contributed by atoms with Crippen LogP contribution in [0.2, 0.25) is 0 Å². The van der Waals surface area contributed by atoms with E-state index < -0.39 is 12.0 Å². The molecule has 2 aromatic rings. The van der Waals surface area contributed by atoms with Gasteiger partial charge in [-0.1, -0.05) is 18.2 Å². The smallest absolute Gasteiger partial charge is 0.320 e. The van der Waals surface area contributed by atoms with Crippen molar-refractivity contribution in [2.24, 2.45) is 0 Å². The monoisotopic (exact) mass is 263 g/mol. The highest BCUT2D eigenvalue weighted by Gasteiger charge is 2.29. The van der Waals surface area contributed by atoms with Crippen LogP contribution in [-0.2, 0) is 4.79 Å². The fraction of sp³-hybridized carbons (Fsp3) is 0.308. The summed E-state index contributed by atoms with van der Waals surface area (Å²) in [4.78, 5) is 11.0. The molecule has 1 aromatic carbocycles. The van der Waals surface area contributed by atoms with Crippen LogP contribution in [-0.4, -0.2) is 22.9 Å². The quantitative estimate of drug-likeness (QED) is 0.872. The first kappa shape index (κ1) is 11.6. The van der Waals surface area contributed by atoms with Gasteiger partial charge in [-0.05, 0) is 24.3 Å². The molecular weight excluding hydrogens is 250 g/mol. The number of hydrogen-bond donors (Lipinski definition) is 2. The molecule has 3 rings (SSSR count). The van der Waals surface area contributed by atoms with Crippen molar-refractivity contribution >= 4 is 28.7 Å². The van der Waals surface area contributed by atoms with Crippen LogP contribution in [0.4, 0.5) is 0 Å². The lowest BCUT2D eigenvalue weighted by molar-refractivity contribution is -0.139. The average Bonchev–Trinajstić information content (AvgIpc) is 2.82. The Morgan fingerprint density at radius 3 is 3.06 bits per heavy atom. The number of fused-ring (bicyclic) bond motifs is 1. The lowest BCUT2D eigenvalue weighted by Gasteiger charge is -2.26. The van der Waals surface area contributed by atoms with Gasteiger partial charge in [-0.15, -0.1) is 11.8 Å². The van der Waals surface area contributed by atoms with Crippen LogP contribution in [0.3, 0.4) is 0 Å². The number of carbonyl (C=O) groups is 1. The normalized spacial score (nSPS) is 24.2. The van der Waals surface area contributed by atoms with Crippen molar-refractivity contribution in [2.45, 2.75) is 17.8 Å². The van der Waals surface area contributed by atoms with E-state index in [1.165, 1.54) is 0 Å². The summed E-state index contributed by atoms with van der Waals surface area (Å²) >= 11 is 1.68. The lowest BCUT2D eigenvalue weighted by atomic mass is 10.2. The molecule has 4 nitrogen and oxygen atoms in total. The van der Waals surface area contributed by atoms with Crippen molar-refractivity contribution in [1.82, 2.24) is 5.32 Å². The summed E-state index contributed by atoms with van der Waals surface area (Å²) in [5, 5.41) is 13.1. The predicted molar refractivity (Wildman–Crippen MR) is 70.6 cm³/mol. The van der Waals surface area contributed by atoms with E-state index in [2.05, 4.69) is 5.32 Å². The molecule has 2 heterocycles. The summed E-state index contributed by atoms with van der Waals surface area (Å²) in [5.41, 5.74) is 0.840. The van der Waals surface area contributed by atoms with E-state index in [0.29, 0.717) is 6.42 Å². The number of nitrogens with one attached hydrogen (secondary N) is 1. The zero-order valence-electron chi connectivity index (χ0n) is 9.63. The second-order valence-corrected chi connectivity index (χ2v) is 5.50. The van der Waals surface area contributed by atoms with Gasteiger partial charge in [0.25, 0.3) is 0 Å². The van der Waals surface area contributed by atoms with Gasteiger partial charge in [-0.2, -0.15) is 0 Å². The fourth-order valence-electron chi connectivity index (χ4n) is 2.11. The standard InChI is InChI=1S/C13H13NO3S/c15-13(16)9-5-6-18-12(14-9)11-7-8-3-1-2-4-10(8)17-11/h1-4,7,9,12,14H,5-6H2,(H,15,16). The first-order chi connectivity index (χ1) is 8.74. The number of carboxylic acids is 1. The van der Waals surface area contributed by atoms with E-state index in [-0.39, 0.29) is 5.37 Å². The fourth-order valence-corrected chi connectivity index (χ4v) is 3.26. The van der Waals surface area contributed by atoms with Gasteiger partial charge < -0.3 is 9.52 Å². The Bertz CT molecular complexity index is 547. The Labute approximate surface area is 108 Å². The molecule has 94 valence electrons. The van der Waals surface area contributed by atoms with E-state index in [9.17, 15) is 4.79 Å². The molecule has 1 aromatic heterocycles. The molecule has 1 fully saturated rings. The topological polar surface area (TPSA) is 62.5 Å². The highest BCUT2D eigenvalue weighted by Crippen LogP contribution is 2.34. The number of benzene rings is 1. The van der Waals surface area contributed by atoms with Crippen molar-refractivity contribution in [3.05, 3.63) is 36.1 Å². The summed E-state index contributed by atoms with van der Waals surface area (Å²) in [6.45, 7) is 0. The molecule has 1 aliphatic rings. The average molecular weight is 263 g/mol. The number of rotatable bonds is 2. The van der Waals surface area contributed by atoms with Gasteiger partial charge in [0.05, 0.1) is 0 Å². The summed E-state index contributed by atoms with van der Waals surface area (Å²) in [6, 6.07) is 9.29. The minimum absolute atomic E-state index is 0.0766. The van der Waals surface area contributed by atoms with Crippen LogP contribution >= 0.6 is 11.8 Å². The molecule has 2 atom stereocenters. The van der Waals surface area contributed by atoms with Gasteiger partial charge in [0.15, 0.2) is 0 Å². The highest BCUT2D eigenvalue weighted by molar-refractivity contribution is 7.99. The van der Waals surface area contributed by atoms with Crippen molar-refractivity contribution in [3.8, 4) is 0 Å². The number of hydrogen-bond acceptors (Lipinski definition) is 4. The SMILES string of the molecule is O=C(O)C1CCSC(c2cc3ccccc3o2)N1. The van der Waals surface area contributed by atoms with Crippen molar-refractivity contribution in [1.29, 1.82) is 0 Å². The number of aliphatic carboxylic acids is 1. The second-order valence-electron chi connectivity index (χ2n) is 4.28. The summed E-state index contributed by atoms with van der Waals surface area (Å²) < 4.78 is 5.76. The largest absolute Gasteiger partial charge is 0.480 e. The number of thioether (sulfide) groups is 1. The van der Waals surface area contributed by atoms with Crippen molar-refractivity contribution < 1.29 is 14.3 Å². The third-order valence-corrected chi connectivity index (χ3v) is 4.22. The van der Waals surface area contributed by atoms with Gasteiger partial charge in [-0.25, -0.2) is 0 Å². The first-order valence-electron chi connectivity index (χ1n) is 5.83. The van der Waals surface area contributed by atoms with Crippen LogP contribution in [0, 0.1) is 0 Å². The summed E-state index contributed by atoms with van der Waals surface area (Å²) in [6.07, 6.45) is 0.650. The second kappa shape index (κ2) is 4.66. The minimum Gasteiger partial charge on any atom is -0.480 e. The molecule has 2 unspecified atom stereocenters. The van der Waals surface area contributed by atoms with E-state index >= 15 is 0 Å². The minimum atomic E-state index is -0.795. The van der Waals surface area contributed by atoms with Crippen LogP contribution in [0.25, 0.3) is 11.0 Å². The zero-order chi connectivity index (χ0) is 12.5. The number of furan rings is 1. The number of carboxylic acid groups (broad SMARTS) is 1. The van der Waals surface area contributed by atoms with E-state index in [4.69, 9.17) is 9.52 Å². The van der Waals surface area contributed by atoms with Gasteiger partial charge in [0, 0.05) is 5.39 Å². The molecule has 0 saturated carbocycles. The Morgan fingerprint density at radius 2 is 2.28 bits per heavy atom. The third kappa shape index (κ3) is 2.11. The zero-order valence-corrected chi connectivity index (χ0v) is 10.4. The maximum Gasteiger partial charge on any atom is 0.320 e. The molecule has 0 bridgehead atoms. The van der Waals surface area contributed by atoms with E-state index in [1.807, 2.05) is 30.3 Å². The summed E-state index contributed by atoms with van der Waals surface area (Å²) in [7, 11) is 0. The predicted octanol–water partition coefficient (Wildman–Crippen LogP) is 2.61. The Kier molecular flexibility index (Phi) is 3.01. The van der Waals surface area contributed by atoms with Crippen LogP contribution in [0.15, 0.2) is 34.7 Å². The van der Waals surface area contributed by atoms with Crippen LogP contribution in [0.5, 0.6) is 0 Å². The van der Waals surface area contributed by atoms with E-state index in [1.54, 1.807) is 11.8 Å². The van der Waals surface area contributed by atoms with Crippen LogP contribution < -0.4 is 5.32 Å². The maximum atomic E-state index is 11.0. The molecule has 2 N–H and O–H groups in total. The highest BCUT2D eigenvalue weighted by atomic mass is 32.2. The van der Waals surface area contributed by atoms with Gasteiger partial charge in [-0.3, -0.25) is 10.1 Å². The molecule has 1 saturated heterocycles. The molecule has 1 aliphatic heterocycles. The molecule has 0 aliphatic carbocycles. The maximum absolute atomic E-state index is 11.0. The molecule has 0 spiro atoms. The first-order valence-corrected chi connectivity index (χ1v) is 6.88. The number of para-hydroxylation sites is 1. The van der Waals surface area contributed by atoms with Crippen molar-refractivity contribution in [2.75, 3.05) is 5.75 Å². The Balaban J connectivity index is 1.87. The van der Waals surface area contributed by atoms with Gasteiger partial charge >= 0.3 is 5.97 Å². The molecule has 5 heteroatoms. The Hall–Kier alpha value is -1.46. The molecule has 18 heavy (non-hydrogen) atoms. The lowest BCUT2D eigenvalue weighted by Crippen LogP contribution is -2.41. The molecule has 0 amide bonds. The summed E-state index contributed by atoms with van der Waals surface area (Å²) in [5.74, 6) is 0.828. The molecular formula is C13H13NO3S. The van der Waals surface area contributed by atoms with Crippen molar-refractivity contribution in [3.63, 3.8) is 0 Å².